The number of aromatic carboxylic acids is 1. The van der Waals surface area contributed by atoms with Gasteiger partial charge in [-0.15, -0.1) is 0 Å². The molecule has 3 aromatic carbocycles. The maximum atomic E-state index is 13.3. The lowest BCUT2D eigenvalue weighted by molar-refractivity contribution is -0.254. The van der Waals surface area contributed by atoms with Crippen LogP contribution in [0.3, 0.4) is 0 Å². The number of fused-ring (bicyclic) bond motifs is 2. The molecule has 3 N–H and O–H groups in total. The molecule has 0 unspecified atom stereocenters. The van der Waals surface area contributed by atoms with E-state index in [4.69, 9.17) is 43.5 Å². The highest BCUT2D eigenvalue weighted by Gasteiger charge is 2.29. The van der Waals surface area contributed by atoms with Gasteiger partial charge in [0.15, 0.2) is 17.1 Å². The van der Waals surface area contributed by atoms with E-state index >= 15 is 0 Å². The first-order valence-corrected chi connectivity index (χ1v) is 17.4. The SMILES string of the molecule is N=c1ccc2c(-c3cc(C(=O)Oc4c(Cl)cc(S(=O)(=O)[O-])cc4Cl)ccc3C(=O)[O-])c3ccc(N)c(S(=O)(=O)[O-])c3oc-2c1S(=O)(=O)[O-]. The molecule has 3 aromatic rings. The molecule has 16 nitrogen and oxygen atoms in total. The second-order valence-corrected chi connectivity index (χ2v) is 14.5. The number of carbonyl (C=O) groups excluding carboxylic acids is 2. The third-order valence-corrected chi connectivity index (χ3v) is 9.90. The van der Waals surface area contributed by atoms with E-state index in [1.165, 1.54) is 0 Å². The van der Waals surface area contributed by atoms with Crippen LogP contribution >= 0.6 is 23.2 Å². The molecule has 0 spiro atoms. The maximum Gasteiger partial charge on any atom is 0.343 e. The summed E-state index contributed by atoms with van der Waals surface area (Å²) in [5, 5.41) is 17.9. The van der Waals surface area contributed by atoms with Crippen LogP contribution in [0.2, 0.25) is 10.0 Å². The van der Waals surface area contributed by atoms with E-state index < -0.39 is 123 Å². The van der Waals surface area contributed by atoms with Crippen LogP contribution in [0.1, 0.15) is 20.7 Å². The summed E-state index contributed by atoms with van der Waals surface area (Å²) in [6.45, 7) is 0. The van der Waals surface area contributed by atoms with Crippen molar-refractivity contribution >= 4 is 82.2 Å². The van der Waals surface area contributed by atoms with E-state index in [-0.39, 0.29) is 5.39 Å². The van der Waals surface area contributed by atoms with Gasteiger partial charge in [0.25, 0.3) is 0 Å². The van der Waals surface area contributed by atoms with E-state index in [2.05, 4.69) is 0 Å². The number of hydrogen-bond donors (Lipinski definition) is 2. The molecule has 48 heavy (non-hydrogen) atoms. The summed E-state index contributed by atoms with van der Waals surface area (Å²) in [5.74, 6) is -4.75. The van der Waals surface area contributed by atoms with Crippen LogP contribution in [0.4, 0.5) is 5.69 Å². The summed E-state index contributed by atoms with van der Waals surface area (Å²) in [4.78, 5) is 22.2. The van der Waals surface area contributed by atoms with E-state index in [9.17, 15) is 53.6 Å². The smallest absolute Gasteiger partial charge is 0.343 e. The van der Waals surface area contributed by atoms with E-state index in [1.54, 1.807) is 0 Å². The minimum absolute atomic E-state index is 0.383. The van der Waals surface area contributed by atoms with Gasteiger partial charge in [0, 0.05) is 22.1 Å². The number of nitrogens with one attached hydrogen (secondary N) is 1. The van der Waals surface area contributed by atoms with Gasteiger partial charge in [0.1, 0.15) is 40.1 Å². The van der Waals surface area contributed by atoms with Gasteiger partial charge in [0.2, 0.25) is 0 Å². The average molecular weight is 756 g/mol. The number of hydrogen-bond acceptors (Lipinski definition) is 16. The van der Waals surface area contributed by atoms with E-state index in [1.807, 2.05) is 0 Å². The molecule has 0 aromatic heterocycles. The number of nitrogen functional groups attached to an aromatic ring is 1. The normalized spacial score (nSPS) is 12.4. The molecule has 250 valence electrons. The number of carbonyl (C=O) groups is 2. The number of carboxylic acid groups (broad SMARTS) is 1. The van der Waals surface area contributed by atoms with Crippen molar-refractivity contribution in [2.75, 3.05) is 5.73 Å². The molecule has 1 heterocycles. The topological polar surface area (TPSA) is 301 Å². The third-order valence-electron chi connectivity index (χ3n) is 6.70. The average Bonchev–Trinajstić information content (AvgIpc) is 2.95. The summed E-state index contributed by atoms with van der Waals surface area (Å²) in [6.07, 6.45) is 0. The summed E-state index contributed by atoms with van der Waals surface area (Å²) in [6, 6.07) is 7.83. The molecule has 0 radical (unpaired) electrons. The fourth-order valence-corrected chi connectivity index (χ4v) is 7.44. The molecule has 0 atom stereocenters. The minimum Gasteiger partial charge on any atom is -0.744 e. The number of benzene rings is 4. The number of rotatable bonds is 7. The zero-order valence-electron chi connectivity index (χ0n) is 23.0. The van der Waals surface area contributed by atoms with Crippen molar-refractivity contribution in [1.82, 2.24) is 0 Å². The molecule has 21 heteroatoms. The fourth-order valence-electron chi connectivity index (χ4n) is 4.77. The van der Waals surface area contributed by atoms with Gasteiger partial charge >= 0.3 is 5.97 Å². The zero-order valence-corrected chi connectivity index (χ0v) is 26.9. The minimum atomic E-state index is -5.56. The van der Waals surface area contributed by atoms with Gasteiger partial charge in [-0.1, -0.05) is 29.3 Å². The first kappa shape index (κ1) is 34.7. The van der Waals surface area contributed by atoms with Gasteiger partial charge in [0.05, 0.1) is 37.5 Å². The Balaban J connectivity index is 1.86. The number of ether oxygens (including phenoxy) is 1. The molecule has 1 aliphatic heterocycles. The van der Waals surface area contributed by atoms with Gasteiger partial charge in [-0.05, 0) is 54.1 Å². The van der Waals surface area contributed by atoms with Crippen molar-refractivity contribution in [3.05, 3.63) is 81.1 Å². The van der Waals surface area contributed by atoms with Crippen LogP contribution in [0.5, 0.6) is 5.75 Å². The second kappa shape index (κ2) is 11.8. The molecular weight excluding hydrogens is 743 g/mol. The van der Waals surface area contributed by atoms with Crippen LogP contribution in [0, 0.1) is 5.41 Å². The summed E-state index contributed by atoms with van der Waals surface area (Å²) in [7, 11) is -16.1. The molecule has 0 fully saturated rings. The first-order valence-electron chi connectivity index (χ1n) is 12.4. The summed E-state index contributed by atoms with van der Waals surface area (Å²) < 4.78 is 118. The van der Waals surface area contributed by atoms with Crippen LogP contribution < -0.4 is 20.9 Å². The van der Waals surface area contributed by atoms with Crippen molar-refractivity contribution in [3.8, 4) is 28.2 Å². The van der Waals surface area contributed by atoms with Crippen molar-refractivity contribution in [2.24, 2.45) is 0 Å². The molecule has 0 bridgehead atoms. The molecule has 2 aliphatic rings. The lowest BCUT2D eigenvalue weighted by Gasteiger charge is -2.23. The zero-order chi connectivity index (χ0) is 35.7. The highest BCUT2D eigenvalue weighted by Crippen LogP contribution is 2.46. The summed E-state index contributed by atoms with van der Waals surface area (Å²) >= 11 is 12.0. The van der Waals surface area contributed by atoms with Crippen molar-refractivity contribution in [3.63, 3.8) is 0 Å². The standard InChI is InChI=1S/C27H16Cl2N2O14S3/c28-16-8-11(46(35,36)37)9-17(29)23(16)45-27(34)10-1-2-12(26(32)33)15(7-10)20-13-3-5-18(30)24(47(38,39)40)21(13)44-22-14(20)4-6-19(31)25(22)48(41,42)43/h1-9,30H,31H2,(H,32,33)(H,35,36,37)(H,38,39,40)(H,41,42,43)/p-4. The number of nitrogens with two attached hydrogens (primary N) is 1. The van der Waals surface area contributed by atoms with Crippen molar-refractivity contribution in [2.45, 2.75) is 14.7 Å². The lowest BCUT2D eigenvalue weighted by atomic mass is 9.89. The van der Waals surface area contributed by atoms with Gasteiger partial charge in [-0.25, -0.2) is 30.0 Å². The molecule has 0 amide bonds. The molecular formula is C27H12Cl2N2O14S3-4. The Labute approximate surface area is 279 Å². The largest absolute Gasteiger partial charge is 0.744 e. The number of esters is 1. The number of halogens is 2. The van der Waals surface area contributed by atoms with Crippen LogP contribution in [-0.2, 0) is 30.4 Å². The van der Waals surface area contributed by atoms with Gasteiger partial charge in [-0.2, -0.15) is 0 Å². The molecule has 0 saturated carbocycles. The van der Waals surface area contributed by atoms with Crippen LogP contribution in [-0.4, -0.2) is 50.9 Å². The van der Waals surface area contributed by atoms with Crippen LogP contribution in [0.15, 0.2) is 73.7 Å². The van der Waals surface area contributed by atoms with Gasteiger partial charge < -0.3 is 38.4 Å². The lowest BCUT2D eigenvalue weighted by Crippen LogP contribution is -2.24. The highest BCUT2D eigenvalue weighted by atomic mass is 35.5. The predicted octanol–water partition coefficient (Wildman–Crippen LogP) is 1.87. The predicted molar refractivity (Wildman–Crippen MR) is 158 cm³/mol. The second-order valence-electron chi connectivity index (χ2n) is 9.67. The highest BCUT2D eigenvalue weighted by molar-refractivity contribution is 7.86. The monoisotopic (exact) mass is 754 g/mol. The number of anilines is 1. The third kappa shape index (κ3) is 6.20. The molecule has 0 saturated heterocycles. The maximum absolute atomic E-state index is 13.3. The van der Waals surface area contributed by atoms with Crippen molar-refractivity contribution < 1.29 is 62.8 Å². The number of carboxylic acids is 1. The Kier molecular flexibility index (Phi) is 8.55. The Morgan fingerprint density at radius 1 is 0.792 bits per heavy atom. The van der Waals surface area contributed by atoms with E-state index in [0.717, 1.165) is 42.5 Å². The molecule has 1 aliphatic carbocycles. The Hall–Kier alpha value is -4.60. The fraction of sp³-hybridized carbons (Fsp3) is 0. The Morgan fingerprint density at radius 3 is 1.94 bits per heavy atom. The van der Waals surface area contributed by atoms with Gasteiger partial charge in [-0.3, -0.25) is 5.41 Å². The molecule has 5 rings (SSSR count). The van der Waals surface area contributed by atoms with Crippen molar-refractivity contribution in [1.29, 1.82) is 5.41 Å². The quantitative estimate of drug-likeness (QED) is 0.0787. The Bertz CT molecular complexity index is 2600. The summed E-state index contributed by atoms with van der Waals surface area (Å²) in [5.41, 5.74) is 1.62. The first-order chi connectivity index (χ1) is 22.1. The van der Waals surface area contributed by atoms with Crippen LogP contribution in [0.25, 0.3) is 33.4 Å². The Morgan fingerprint density at radius 2 is 1.40 bits per heavy atom. The van der Waals surface area contributed by atoms with E-state index in [0.29, 0.717) is 12.1 Å².